The molecule has 0 heterocycles. The summed E-state index contributed by atoms with van der Waals surface area (Å²) in [5.41, 5.74) is 1.66. The van der Waals surface area contributed by atoms with Crippen molar-refractivity contribution in [1.29, 1.82) is 0 Å². The zero-order valence-electron chi connectivity index (χ0n) is 13.2. The average Bonchev–Trinajstić information content (AvgIpc) is 2.56. The zero-order chi connectivity index (χ0) is 16.7. The van der Waals surface area contributed by atoms with E-state index < -0.39 is 6.10 Å². The highest BCUT2D eigenvalue weighted by molar-refractivity contribution is 9.10. The van der Waals surface area contributed by atoms with Crippen LogP contribution in [0.15, 0.2) is 53.0 Å². The molecule has 0 aromatic heterocycles. The fourth-order valence-electron chi connectivity index (χ4n) is 1.99. The molecule has 0 saturated heterocycles. The number of rotatable bonds is 7. The minimum Gasteiger partial charge on any atom is -0.492 e. The number of halogens is 1. The van der Waals surface area contributed by atoms with E-state index in [9.17, 15) is 4.79 Å². The fraction of sp³-hybridized carbons (Fsp3) is 0.278. The molecule has 0 spiro atoms. The Bertz CT molecular complexity index is 646. The summed E-state index contributed by atoms with van der Waals surface area (Å²) in [4.78, 5) is 12.3. The first-order valence-corrected chi connectivity index (χ1v) is 8.28. The molecule has 0 bridgehead atoms. The van der Waals surface area contributed by atoms with Gasteiger partial charge in [-0.25, -0.2) is 0 Å². The van der Waals surface area contributed by atoms with Gasteiger partial charge < -0.3 is 14.8 Å². The highest BCUT2D eigenvalue weighted by Gasteiger charge is 2.16. The first-order chi connectivity index (χ1) is 11.1. The number of carbonyl (C=O) groups excluding carboxylic acids is 1. The van der Waals surface area contributed by atoms with Gasteiger partial charge in [0.2, 0.25) is 0 Å². The van der Waals surface area contributed by atoms with Gasteiger partial charge in [-0.3, -0.25) is 4.79 Å². The number of hydrogen-bond acceptors (Lipinski definition) is 3. The Labute approximate surface area is 144 Å². The van der Waals surface area contributed by atoms with Crippen LogP contribution in [0.25, 0.3) is 0 Å². The number of hydrogen-bond donors (Lipinski definition) is 1. The van der Waals surface area contributed by atoms with Crippen LogP contribution >= 0.6 is 15.9 Å². The summed E-state index contributed by atoms with van der Waals surface area (Å²) in [6.45, 7) is 4.56. The molecule has 0 aliphatic carbocycles. The Morgan fingerprint density at radius 1 is 1.22 bits per heavy atom. The van der Waals surface area contributed by atoms with Crippen molar-refractivity contribution in [2.75, 3.05) is 11.9 Å². The van der Waals surface area contributed by atoms with Crippen LogP contribution in [-0.4, -0.2) is 18.6 Å². The van der Waals surface area contributed by atoms with E-state index >= 15 is 0 Å². The van der Waals surface area contributed by atoms with Gasteiger partial charge in [-0.2, -0.15) is 0 Å². The molecular weight excluding hydrogens is 358 g/mol. The van der Waals surface area contributed by atoms with Crippen molar-refractivity contribution in [2.45, 2.75) is 26.6 Å². The van der Waals surface area contributed by atoms with Crippen LogP contribution in [0, 0.1) is 0 Å². The Morgan fingerprint density at radius 3 is 2.65 bits per heavy atom. The van der Waals surface area contributed by atoms with Gasteiger partial charge in [0.05, 0.1) is 18.9 Å². The molecule has 1 N–H and O–H groups in total. The number of anilines is 1. The quantitative estimate of drug-likeness (QED) is 0.777. The van der Waals surface area contributed by atoms with Gasteiger partial charge in [-0.15, -0.1) is 0 Å². The molecule has 1 amide bonds. The summed E-state index contributed by atoms with van der Waals surface area (Å²) in [5.74, 6) is 0.430. The van der Waals surface area contributed by atoms with Crippen LogP contribution in [0.1, 0.15) is 19.4 Å². The molecule has 5 heteroatoms. The van der Waals surface area contributed by atoms with Gasteiger partial charge in [0.25, 0.3) is 5.91 Å². The second kappa shape index (κ2) is 8.70. The Balaban J connectivity index is 1.96. The lowest BCUT2D eigenvalue weighted by atomic mass is 10.2. The van der Waals surface area contributed by atoms with Gasteiger partial charge in [-0.05, 0) is 37.6 Å². The summed E-state index contributed by atoms with van der Waals surface area (Å²) in [6, 6.07) is 15.3. The summed E-state index contributed by atoms with van der Waals surface area (Å²) in [6.07, 6.45) is -0.566. The van der Waals surface area contributed by atoms with E-state index in [1.807, 2.05) is 55.5 Å². The molecular formula is C18H20BrNO3. The number of nitrogens with one attached hydrogen (secondary N) is 1. The molecule has 0 fully saturated rings. The van der Waals surface area contributed by atoms with Crippen molar-refractivity contribution in [3.63, 3.8) is 0 Å². The maximum Gasteiger partial charge on any atom is 0.253 e. The van der Waals surface area contributed by atoms with Crippen LogP contribution in [0.5, 0.6) is 5.75 Å². The van der Waals surface area contributed by atoms with E-state index in [2.05, 4.69) is 21.2 Å². The standard InChI is InChI=1S/C18H20BrNO3/c1-3-22-17-10-9-15(19)11-16(17)20-18(21)13(2)23-12-14-7-5-4-6-8-14/h4-11,13H,3,12H2,1-2H3,(H,20,21). The smallest absolute Gasteiger partial charge is 0.253 e. The SMILES string of the molecule is CCOc1ccc(Br)cc1NC(=O)C(C)OCc1ccccc1. The molecule has 0 aliphatic rings. The van der Waals surface area contributed by atoms with Crippen LogP contribution in [-0.2, 0) is 16.1 Å². The summed E-state index contributed by atoms with van der Waals surface area (Å²) in [5, 5.41) is 2.85. The minimum atomic E-state index is -0.566. The predicted molar refractivity (Wildman–Crippen MR) is 94.6 cm³/mol. The monoisotopic (exact) mass is 377 g/mol. The molecule has 2 aromatic rings. The normalized spacial score (nSPS) is 11.8. The molecule has 4 nitrogen and oxygen atoms in total. The van der Waals surface area contributed by atoms with Crippen LogP contribution < -0.4 is 10.1 Å². The highest BCUT2D eigenvalue weighted by atomic mass is 79.9. The maximum atomic E-state index is 12.3. The van der Waals surface area contributed by atoms with Gasteiger partial charge in [0.15, 0.2) is 0 Å². The third-order valence-corrected chi connectivity index (χ3v) is 3.70. The molecule has 0 radical (unpaired) electrons. The number of carbonyl (C=O) groups is 1. The second-order valence-electron chi connectivity index (χ2n) is 5.00. The molecule has 1 unspecified atom stereocenters. The molecule has 122 valence electrons. The first-order valence-electron chi connectivity index (χ1n) is 7.49. The van der Waals surface area contributed by atoms with E-state index in [4.69, 9.17) is 9.47 Å². The van der Waals surface area contributed by atoms with Crippen molar-refractivity contribution in [3.05, 3.63) is 58.6 Å². The molecule has 23 heavy (non-hydrogen) atoms. The Hall–Kier alpha value is -1.85. The number of amides is 1. The van der Waals surface area contributed by atoms with E-state index in [1.54, 1.807) is 6.92 Å². The summed E-state index contributed by atoms with van der Waals surface area (Å²) < 4.78 is 12.0. The summed E-state index contributed by atoms with van der Waals surface area (Å²) in [7, 11) is 0. The molecule has 0 aliphatic heterocycles. The molecule has 2 aromatic carbocycles. The largest absolute Gasteiger partial charge is 0.492 e. The number of benzene rings is 2. The van der Waals surface area contributed by atoms with E-state index in [0.29, 0.717) is 24.7 Å². The average molecular weight is 378 g/mol. The van der Waals surface area contributed by atoms with Gasteiger partial charge in [-0.1, -0.05) is 46.3 Å². The fourth-order valence-corrected chi connectivity index (χ4v) is 2.35. The second-order valence-corrected chi connectivity index (χ2v) is 5.92. The van der Waals surface area contributed by atoms with Crippen molar-refractivity contribution >= 4 is 27.5 Å². The van der Waals surface area contributed by atoms with Crippen LogP contribution in [0.3, 0.4) is 0 Å². The minimum absolute atomic E-state index is 0.208. The molecule has 1 atom stereocenters. The van der Waals surface area contributed by atoms with Crippen LogP contribution in [0.4, 0.5) is 5.69 Å². The van der Waals surface area contributed by atoms with E-state index in [0.717, 1.165) is 10.0 Å². The zero-order valence-corrected chi connectivity index (χ0v) is 14.8. The third-order valence-electron chi connectivity index (χ3n) is 3.21. The third kappa shape index (κ3) is 5.37. The first kappa shape index (κ1) is 17.5. The van der Waals surface area contributed by atoms with Crippen LogP contribution in [0.2, 0.25) is 0 Å². The van der Waals surface area contributed by atoms with Gasteiger partial charge >= 0.3 is 0 Å². The lowest BCUT2D eigenvalue weighted by Gasteiger charge is -2.16. The van der Waals surface area contributed by atoms with E-state index in [1.165, 1.54) is 0 Å². The van der Waals surface area contributed by atoms with Crippen molar-refractivity contribution < 1.29 is 14.3 Å². The lowest BCUT2D eigenvalue weighted by Crippen LogP contribution is -2.27. The van der Waals surface area contributed by atoms with Crippen molar-refractivity contribution in [2.24, 2.45) is 0 Å². The topological polar surface area (TPSA) is 47.6 Å². The Morgan fingerprint density at radius 2 is 1.96 bits per heavy atom. The summed E-state index contributed by atoms with van der Waals surface area (Å²) >= 11 is 3.40. The predicted octanol–water partition coefficient (Wildman–Crippen LogP) is 4.39. The number of ether oxygens (including phenoxy) is 2. The van der Waals surface area contributed by atoms with Gasteiger partial charge in [0.1, 0.15) is 11.9 Å². The molecule has 0 saturated carbocycles. The highest BCUT2D eigenvalue weighted by Crippen LogP contribution is 2.28. The Kier molecular flexibility index (Phi) is 6.62. The van der Waals surface area contributed by atoms with Crippen molar-refractivity contribution in [3.8, 4) is 5.75 Å². The molecule has 2 rings (SSSR count). The maximum absolute atomic E-state index is 12.3. The van der Waals surface area contributed by atoms with E-state index in [-0.39, 0.29) is 5.91 Å². The lowest BCUT2D eigenvalue weighted by molar-refractivity contribution is -0.127. The van der Waals surface area contributed by atoms with Gasteiger partial charge in [0, 0.05) is 4.47 Å². The van der Waals surface area contributed by atoms with Crippen molar-refractivity contribution in [1.82, 2.24) is 0 Å².